The molecule has 0 saturated carbocycles. The van der Waals surface area contributed by atoms with E-state index in [0.29, 0.717) is 12.2 Å². The van der Waals surface area contributed by atoms with Gasteiger partial charge in [-0.3, -0.25) is 4.79 Å². The Balaban J connectivity index is 0.00000144. The molecule has 1 fully saturated rings. The number of carbonyl (C=O) groups is 1. The molecule has 1 unspecified atom stereocenters. The molecule has 4 nitrogen and oxygen atoms in total. The van der Waals surface area contributed by atoms with Gasteiger partial charge in [0.25, 0.3) is 5.91 Å². The lowest BCUT2D eigenvalue weighted by Gasteiger charge is -2.22. The molecule has 0 radical (unpaired) electrons. The summed E-state index contributed by atoms with van der Waals surface area (Å²) >= 11 is 3.30. The fraction of sp³-hybridized carbons (Fsp3) is 0.455. The third kappa shape index (κ3) is 3.82. The second kappa shape index (κ2) is 7.94. The van der Waals surface area contributed by atoms with Crippen LogP contribution in [0.4, 0.5) is 0 Å². The minimum Gasteiger partial charge on any atom is -0.333 e. The number of carbonyl (C=O) groups excluding carboxylic acids is 1. The van der Waals surface area contributed by atoms with Crippen molar-refractivity contribution in [2.24, 2.45) is 5.73 Å². The van der Waals surface area contributed by atoms with Crippen LogP contribution in [0.25, 0.3) is 0 Å². The van der Waals surface area contributed by atoms with Crippen molar-refractivity contribution in [2.75, 3.05) is 13.1 Å². The molecule has 0 aromatic carbocycles. The lowest BCUT2D eigenvalue weighted by atomic mass is 10.2. The van der Waals surface area contributed by atoms with Gasteiger partial charge in [0.2, 0.25) is 0 Å². The van der Waals surface area contributed by atoms with E-state index < -0.39 is 0 Å². The fourth-order valence-corrected chi connectivity index (χ4v) is 2.23. The molecule has 1 saturated heterocycles. The van der Waals surface area contributed by atoms with Crippen molar-refractivity contribution >= 4 is 46.7 Å². The van der Waals surface area contributed by atoms with Crippen LogP contribution in [0.1, 0.15) is 23.3 Å². The van der Waals surface area contributed by atoms with Crippen molar-refractivity contribution in [3.63, 3.8) is 0 Å². The van der Waals surface area contributed by atoms with Crippen LogP contribution < -0.4 is 5.73 Å². The second-order valence-electron chi connectivity index (χ2n) is 3.89. The summed E-state index contributed by atoms with van der Waals surface area (Å²) in [5.74, 6) is -0.0135. The van der Waals surface area contributed by atoms with Gasteiger partial charge in [-0.2, -0.15) is 0 Å². The van der Waals surface area contributed by atoms with E-state index in [0.717, 1.165) is 23.9 Å². The molecule has 1 aliphatic heterocycles. The monoisotopic (exact) mass is 355 g/mol. The summed E-state index contributed by atoms with van der Waals surface area (Å²) in [7, 11) is 0. The highest BCUT2D eigenvalue weighted by Crippen LogP contribution is 2.19. The van der Waals surface area contributed by atoms with Crippen molar-refractivity contribution in [2.45, 2.75) is 18.9 Å². The number of halogens is 3. The number of hydrogen-bond donors (Lipinski definition) is 1. The molecule has 1 aromatic heterocycles. The van der Waals surface area contributed by atoms with E-state index in [9.17, 15) is 4.79 Å². The van der Waals surface area contributed by atoms with Gasteiger partial charge in [-0.15, -0.1) is 24.8 Å². The van der Waals surface area contributed by atoms with Gasteiger partial charge in [-0.25, -0.2) is 4.98 Å². The van der Waals surface area contributed by atoms with Gasteiger partial charge < -0.3 is 10.6 Å². The molecule has 7 heteroatoms. The van der Waals surface area contributed by atoms with Gasteiger partial charge in [0.15, 0.2) is 0 Å². The normalized spacial score (nSPS) is 17.9. The third-order valence-corrected chi connectivity index (χ3v) is 3.33. The van der Waals surface area contributed by atoms with Crippen LogP contribution in [0.3, 0.4) is 0 Å². The van der Waals surface area contributed by atoms with Crippen LogP contribution >= 0.6 is 40.7 Å². The lowest BCUT2D eigenvalue weighted by molar-refractivity contribution is 0.0735. The van der Waals surface area contributed by atoms with Gasteiger partial charge >= 0.3 is 0 Å². The molecule has 1 aliphatic rings. The van der Waals surface area contributed by atoms with Crippen LogP contribution in [-0.2, 0) is 0 Å². The molecular weight excluding hydrogens is 341 g/mol. The van der Waals surface area contributed by atoms with Gasteiger partial charge in [-0.05, 0) is 40.9 Å². The topological polar surface area (TPSA) is 59.2 Å². The van der Waals surface area contributed by atoms with Crippen molar-refractivity contribution in [3.8, 4) is 0 Å². The molecule has 1 aromatic rings. The molecule has 2 heterocycles. The van der Waals surface area contributed by atoms with Crippen molar-refractivity contribution in [1.82, 2.24) is 9.88 Å². The average molecular weight is 357 g/mol. The highest BCUT2D eigenvalue weighted by atomic mass is 79.9. The minimum absolute atomic E-state index is 0. The maximum atomic E-state index is 12.1. The van der Waals surface area contributed by atoms with Gasteiger partial charge in [-0.1, -0.05) is 0 Å². The summed E-state index contributed by atoms with van der Waals surface area (Å²) in [6.45, 7) is 1.32. The van der Waals surface area contributed by atoms with E-state index in [1.54, 1.807) is 12.3 Å². The molecule has 1 atom stereocenters. The SMILES string of the molecule is Cl.Cl.NCC1CCCN1C(=O)c1ccc(Br)cn1. The number of pyridine rings is 1. The zero-order chi connectivity index (χ0) is 11.5. The maximum absolute atomic E-state index is 12.1. The predicted octanol–water partition coefficient (Wildman–Crippen LogP) is 2.25. The standard InChI is InChI=1S/C11H14BrN3O.2ClH/c12-8-3-4-10(14-7-8)11(16)15-5-1-2-9(15)6-13;;/h3-4,7,9H,1-2,5-6,13H2;2*1H. The quantitative estimate of drug-likeness (QED) is 0.884. The highest BCUT2D eigenvalue weighted by molar-refractivity contribution is 9.10. The summed E-state index contributed by atoms with van der Waals surface area (Å²) in [4.78, 5) is 18.1. The fourth-order valence-electron chi connectivity index (χ4n) is 2.00. The van der Waals surface area contributed by atoms with E-state index in [-0.39, 0.29) is 36.8 Å². The Hall–Kier alpha value is -0.360. The Labute approximate surface area is 127 Å². The summed E-state index contributed by atoms with van der Waals surface area (Å²) in [5, 5.41) is 0. The van der Waals surface area contributed by atoms with E-state index in [2.05, 4.69) is 20.9 Å². The van der Waals surface area contributed by atoms with Gasteiger partial charge in [0, 0.05) is 29.8 Å². The molecule has 2 N–H and O–H groups in total. The van der Waals surface area contributed by atoms with E-state index in [1.165, 1.54) is 0 Å². The van der Waals surface area contributed by atoms with Gasteiger partial charge in [0.1, 0.15) is 5.69 Å². The molecule has 1 amide bonds. The first-order valence-electron chi connectivity index (χ1n) is 5.35. The van der Waals surface area contributed by atoms with Crippen LogP contribution in [0.5, 0.6) is 0 Å². The van der Waals surface area contributed by atoms with Crippen LogP contribution in [0.15, 0.2) is 22.8 Å². The number of nitrogens with zero attached hydrogens (tertiary/aromatic N) is 2. The van der Waals surface area contributed by atoms with Crippen LogP contribution in [-0.4, -0.2) is 34.9 Å². The summed E-state index contributed by atoms with van der Waals surface area (Å²) < 4.78 is 0.876. The molecule has 2 rings (SSSR count). The first-order valence-corrected chi connectivity index (χ1v) is 6.14. The lowest BCUT2D eigenvalue weighted by Crippen LogP contribution is -2.40. The zero-order valence-electron chi connectivity index (χ0n) is 9.71. The molecule has 0 aliphatic carbocycles. The molecular formula is C11H16BrCl2N3O. The van der Waals surface area contributed by atoms with Gasteiger partial charge in [0.05, 0.1) is 0 Å². The number of rotatable bonds is 2. The van der Waals surface area contributed by atoms with E-state index >= 15 is 0 Å². The second-order valence-corrected chi connectivity index (χ2v) is 4.81. The van der Waals surface area contributed by atoms with Crippen molar-refractivity contribution < 1.29 is 4.79 Å². The van der Waals surface area contributed by atoms with Crippen LogP contribution in [0.2, 0.25) is 0 Å². The third-order valence-electron chi connectivity index (χ3n) is 2.86. The number of hydrogen-bond acceptors (Lipinski definition) is 3. The predicted molar refractivity (Wildman–Crippen MR) is 79.5 cm³/mol. The molecule has 0 bridgehead atoms. The highest BCUT2D eigenvalue weighted by Gasteiger charge is 2.28. The number of aromatic nitrogens is 1. The van der Waals surface area contributed by atoms with E-state index in [4.69, 9.17) is 5.73 Å². The minimum atomic E-state index is -0.0135. The zero-order valence-corrected chi connectivity index (χ0v) is 12.9. The van der Waals surface area contributed by atoms with E-state index in [1.807, 2.05) is 11.0 Å². The largest absolute Gasteiger partial charge is 0.333 e. The Morgan fingerprint density at radius 2 is 2.22 bits per heavy atom. The Bertz CT molecular complexity index is 388. The summed E-state index contributed by atoms with van der Waals surface area (Å²) in [5.41, 5.74) is 6.13. The Morgan fingerprint density at radius 3 is 2.78 bits per heavy atom. The molecule has 102 valence electrons. The first kappa shape index (κ1) is 17.6. The molecule has 0 spiro atoms. The van der Waals surface area contributed by atoms with Crippen molar-refractivity contribution in [3.05, 3.63) is 28.5 Å². The van der Waals surface area contributed by atoms with Crippen molar-refractivity contribution in [1.29, 1.82) is 0 Å². The smallest absolute Gasteiger partial charge is 0.272 e. The maximum Gasteiger partial charge on any atom is 0.272 e. The summed E-state index contributed by atoms with van der Waals surface area (Å²) in [6, 6.07) is 3.74. The Morgan fingerprint density at radius 1 is 1.50 bits per heavy atom. The summed E-state index contributed by atoms with van der Waals surface area (Å²) in [6.07, 6.45) is 3.67. The number of nitrogens with two attached hydrogens (primary N) is 1. The Kier molecular flexibility index (Phi) is 7.78. The van der Waals surface area contributed by atoms with Crippen LogP contribution in [0, 0.1) is 0 Å². The first-order chi connectivity index (χ1) is 7.72. The number of likely N-dealkylation sites (tertiary alicyclic amines) is 1. The number of amides is 1. The average Bonchev–Trinajstić information content (AvgIpc) is 2.77. The molecule has 18 heavy (non-hydrogen) atoms.